The Bertz CT molecular complexity index is 3600. The standard InChI is InChI=1S/C54H33N3O/c1-3-14-35(15-4-1)55-45-23-10-7-19-43(45)50-47(55)32-30-40-41-31-33-48-51(44-20-8-11-24-46(44)56(48)36-16-5-2-6-17-36)53(41)57(52(40)50)37-28-26-34(27-29-37)38-21-13-22-42-39-18-9-12-25-49(39)58-54(38)42/h1-33H. The van der Waals surface area contributed by atoms with Gasteiger partial charge in [0.2, 0.25) is 0 Å². The Labute approximate surface area is 332 Å². The molecule has 4 nitrogen and oxygen atoms in total. The van der Waals surface area contributed by atoms with Crippen LogP contribution in [0.1, 0.15) is 0 Å². The number of para-hydroxylation sites is 6. The predicted molar refractivity (Wildman–Crippen MR) is 242 cm³/mol. The molecule has 0 radical (unpaired) electrons. The molecule has 0 bridgehead atoms. The van der Waals surface area contributed by atoms with Crippen molar-refractivity contribution >= 4 is 87.4 Å². The molecule has 0 N–H and O–H groups in total. The molecule has 4 heteroatoms. The summed E-state index contributed by atoms with van der Waals surface area (Å²) in [6.07, 6.45) is 0. The topological polar surface area (TPSA) is 27.9 Å². The fourth-order valence-corrected chi connectivity index (χ4v) is 9.83. The third-order valence-corrected chi connectivity index (χ3v) is 12.2. The van der Waals surface area contributed by atoms with Crippen LogP contribution in [0.4, 0.5) is 0 Å². The summed E-state index contributed by atoms with van der Waals surface area (Å²) in [6.45, 7) is 0. The fourth-order valence-electron chi connectivity index (χ4n) is 9.83. The third kappa shape index (κ3) is 4.23. The first-order valence-corrected chi connectivity index (χ1v) is 19.9. The minimum Gasteiger partial charge on any atom is -0.455 e. The highest BCUT2D eigenvalue weighted by atomic mass is 16.3. The van der Waals surface area contributed by atoms with Crippen molar-refractivity contribution in [1.29, 1.82) is 0 Å². The van der Waals surface area contributed by atoms with Crippen LogP contribution in [0.25, 0.3) is 116 Å². The van der Waals surface area contributed by atoms with Gasteiger partial charge in [-0.1, -0.05) is 133 Å². The van der Waals surface area contributed by atoms with Gasteiger partial charge in [-0.3, -0.25) is 0 Å². The molecule has 13 rings (SSSR count). The van der Waals surface area contributed by atoms with Crippen LogP contribution in [0, 0.1) is 0 Å². The van der Waals surface area contributed by atoms with E-state index in [0.717, 1.165) is 50.1 Å². The van der Waals surface area contributed by atoms with Gasteiger partial charge in [-0.2, -0.15) is 0 Å². The molecule has 0 saturated carbocycles. The second kappa shape index (κ2) is 11.8. The number of hydrogen-bond acceptors (Lipinski definition) is 1. The summed E-state index contributed by atoms with van der Waals surface area (Å²) < 4.78 is 13.9. The molecule has 0 atom stereocenters. The lowest BCUT2D eigenvalue weighted by Crippen LogP contribution is -1.96. The molecule has 0 amide bonds. The van der Waals surface area contributed by atoms with Gasteiger partial charge in [0.15, 0.2) is 0 Å². The molecule has 4 heterocycles. The minimum atomic E-state index is 0.907. The maximum Gasteiger partial charge on any atom is 0.143 e. The summed E-state index contributed by atoms with van der Waals surface area (Å²) in [6, 6.07) is 72.4. The van der Waals surface area contributed by atoms with Crippen molar-refractivity contribution in [1.82, 2.24) is 13.7 Å². The molecule has 0 fully saturated rings. The zero-order valence-electron chi connectivity index (χ0n) is 31.3. The van der Waals surface area contributed by atoms with Crippen molar-refractivity contribution in [3.8, 4) is 28.2 Å². The molecule has 270 valence electrons. The predicted octanol–water partition coefficient (Wildman–Crippen LogP) is 14.5. The van der Waals surface area contributed by atoms with Crippen molar-refractivity contribution in [2.24, 2.45) is 0 Å². The maximum atomic E-state index is 6.50. The van der Waals surface area contributed by atoms with E-state index in [1.807, 2.05) is 6.07 Å². The lowest BCUT2D eigenvalue weighted by molar-refractivity contribution is 0.670. The van der Waals surface area contributed by atoms with Gasteiger partial charge in [-0.15, -0.1) is 0 Å². The molecule has 4 aromatic heterocycles. The molecule has 0 unspecified atom stereocenters. The van der Waals surface area contributed by atoms with E-state index in [2.05, 4.69) is 208 Å². The summed E-state index contributed by atoms with van der Waals surface area (Å²) in [5.74, 6) is 0. The smallest absolute Gasteiger partial charge is 0.143 e. The van der Waals surface area contributed by atoms with Gasteiger partial charge in [-0.25, -0.2) is 0 Å². The molecular formula is C54H33N3O. The Morgan fingerprint density at radius 2 is 0.776 bits per heavy atom. The van der Waals surface area contributed by atoms with Gasteiger partial charge >= 0.3 is 0 Å². The minimum absolute atomic E-state index is 0.907. The Morgan fingerprint density at radius 1 is 0.293 bits per heavy atom. The first-order valence-electron chi connectivity index (χ1n) is 19.9. The molecule has 58 heavy (non-hydrogen) atoms. The first kappa shape index (κ1) is 31.4. The average Bonchev–Trinajstić information content (AvgIpc) is 4.03. The molecular weight excluding hydrogens is 707 g/mol. The molecule has 13 aromatic rings. The Hall–Kier alpha value is -7.82. The zero-order valence-corrected chi connectivity index (χ0v) is 31.3. The van der Waals surface area contributed by atoms with E-state index in [-0.39, 0.29) is 0 Å². The molecule has 0 saturated heterocycles. The lowest BCUT2D eigenvalue weighted by Gasteiger charge is -2.12. The van der Waals surface area contributed by atoms with E-state index >= 15 is 0 Å². The van der Waals surface area contributed by atoms with Gasteiger partial charge in [-0.05, 0) is 72.3 Å². The van der Waals surface area contributed by atoms with Crippen molar-refractivity contribution < 1.29 is 4.42 Å². The second-order valence-electron chi connectivity index (χ2n) is 15.3. The Kier molecular flexibility index (Phi) is 6.41. The van der Waals surface area contributed by atoms with Gasteiger partial charge in [0.05, 0.1) is 33.1 Å². The highest BCUT2D eigenvalue weighted by Gasteiger charge is 2.25. The number of hydrogen-bond donors (Lipinski definition) is 0. The van der Waals surface area contributed by atoms with E-state index in [4.69, 9.17) is 4.42 Å². The Morgan fingerprint density at radius 3 is 1.36 bits per heavy atom. The third-order valence-electron chi connectivity index (χ3n) is 12.2. The van der Waals surface area contributed by atoms with Crippen LogP contribution < -0.4 is 0 Å². The van der Waals surface area contributed by atoms with E-state index < -0.39 is 0 Å². The number of aromatic nitrogens is 3. The number of rotatable bonds is 4. The number of fused-ring (bicyclic) bond motifs is 14. The zero-order chi connectivity index (χ0) is 37.9. The molecule has 0 aliphatic rings. The summed E-state index contributed by atoms with van der Waals surface area (Å²) in [4.78, 5) is 0. The maximum absolute atomic E-state index is 6.50. The van der Waals surface area contributed by atoms with E-state index in [9.17, 15) is 0 Å². The van der Waals surface area contributed by atoms with Crippen LogP contribution in [0.5, 0.6) is 0 Å². The van der Waals surface area contributed by atoms with Crippen LogP contribution in [0.3, 0.4) is 0 Å². The van der Waals surface area contributed by atoms with Gasteiger partial charge < -0.3 is 18.1 Å². The van der Waals surface area contributed by atoms with Gasteiger partial charge in [0.1, 0.15) is 11.2 Å². The fraction of sp³-hybridized carbons (Fsp3) is 0. The number of furan rings is 1. The van der Waals surface area contributed by atoms with Crippen LogP contribution in [-0.4, -0.2) is 13.7 Å². The summed E-state index contributed by atoms with van der Waals surface area (Å²) >= 11 is 0. The summed E-state index contributed by atoms with van der Waals surface area (Å²) in [5, 5.41) is 9.67. The molecule has 0 aliphatic heterocycles. The summed E-state index contributed by atoms with van der Waals surface area (Å²) in [5.41, 5.74) is 14.6. The van der Waals surface area contributed by atoms with Gasteiger partial charge in [0.25, 0.3) is 0 Å². The number of benzene rings is 9. The second-order valence-corrected chi connectivity index (χ2v) is 15.3. The monoisotopic (exact) mass is 739 g/mol. The first-order chi connectivity index (χ1) is 28.8. The van der Waals surface area contributed by atoms with E-state index in [1.54, 1.807) is 0 Å². The quantitative estimate of drug-likeness (QED) is 0.177. The van der Waals surface area contributed by atoms with Crippen molar-refractivity contribution in [2.75, 3.05) is 0 Å². The average molecular weight is 740 g/mol. The summed E-state index contributed by atoms with van der Waals surface area (Å²) in [7, 11) is 0. The van der Waals surface area contributed by atoms with Crippen LogP contribution in [0.15, 0.2) is 205 Å². The van der Waals surface area contributed by atoms with E-state index in [1.165, 1.54) is 65.4 Å². The van der Waals surface area contributed by atoms with Crippen LogP contribution in [0.2, 0.25) is 0 Å². The van der Waals surface area contributed by atoms with E-state index in [0.29, 0.717) is 0 Å². The SMILES string of the molecule is c1ccc(-n2c3ccccc3c3c2ccc2c4ccc5c(c6ccccc6n5-c5ccccc5)c4n(-c4ccc(-c5cccc6c5oc5ccccc56)cc4)c23)cc1. The van der Waals surface area contributed by atoms with Crippen molar-refractivity contribution in [3.05, 3.63) is 200 Å². The molecule has 0 spiro atoms. The molecule has 9 aromatic carbocycles. The van der Waals surface area contributed by atoms with Crippen LogP contribution >= 0.6 is 0 Å². The molecule has 0 aliphatic carbocycles. The van der Waals surface area contributed by atoms with Crippen molar-refractivity contribution in [3.63, 3.8) is 0 Å². The normalized spacial score (nSPS) is 12.1. The van der Waals surface area contributed by atoms with Crippen molar-refractivity contribution in [2.45, 2.75) is 0 Å². The highest BCUT2D eigenvalue weighted by Crippen LogP contribution is 2.46. The largest absolute Gasteiger partial charge is 0.455 e. The number of nitrogens with zero attached hydrogens (tertiary/aromatic N) is 3. The highest BCUT2D eigenvalue weighted by molar-refractivity contribution is 6.31. The Balaban J connectivity index is 1.18. The van der Waals surface area contributed by atoms with Crippen LogP contribution in [-0.2, 0) is 0 Å². The lowest BCUT2D eigenvalue weighted by atomic mass is 10.0. The van der Waals surface area contributed by atoms with Gasteiger partial charge in [0, 0.05) is 65.7 Å².